The van der Waals surface area contributed by atoms with Crippen LogP contribution in [0.25, 0.3) is 0 Å². The number of hydrogen-bond acceptors (Lipinski definition) is 15. The zero-order valence-electron chi connectivity index (χ0n) is 56.2. The number of carbonyl (C=O) groups is 4. The third-order valence-corrected chi connectivity index (χ3v) is 18.0. The zero-order chi connectivity index (χ0) is 64.2. The molecular weight excluding hydrogens is 1150 g/mol. The predicted molar refractivity (Wildman–Crippen MR) is 349 cm³/mol. The molecule has 0 rings (SSSR count). The van der Waals surface area contributed by atoms with Gasteiger partial charge in [-0.1, -0.05) is 298 Å². The van der Waals surface area contributed by atoms with Gasteiger partial charge in [0.05, 0.1) is 26.4 Å². The molecule has 0 aromatic rings. The Kier molecular flexibility index (Phi) is 60.2. The molecule has 3 N–H and O–H groups in total. The highest BCUT2D eigenvalue weighted by Gasteiger charge is 2.30. The lowest BCUT2D eigenvalue weighted by atomic mass is 10.00. The van der Waals surface area contributed by atoms with E-state index in [-0.39, 0.29) is 25.7 Å². The average molecular weight is 1280 g/mol. The van der Waals surface area contributed by atoms with Gasteiger partial charge in [-0.3, -0.25) is 37.3 Å². The number of carbonyl (C=O) groups excluding carboxylic acids is 4. The van der Waals surface area contributed by atoms with E-state index in [4.69, 9.17) is 37.0 Å². The molecule has 0 amide bonds. The van der Waals surface area contributed by atoms with Crippen LogP contribution >= 0.6 is 15.6 Å². The SMILES string of the molecule is CCCCCCCCCCCCCCCCCCCCC(=O)O[C@H](COC(=O)CCCCCCCCC(C)CC)COP(=O)(O)OC[C@@H](O)COP(=O)(O)OC[C@@H](COC(=O)CCCCCCCCCCC)OC(=O)CCCCCCCCCCCC. The van der Waals surface area contributed by atoms with Crippen LogP contribution in [0.5, 0.6) is 0 Å². The van der Waals surface area contributed by atoms with Crippen LogP contribution in [-0.4, -0.2) is 96.7 Å². The number of ether oxygens (including phenoxy) is 4. The third-order valence-electron chi connectivity index (χ3n) is 16.1. The molecule has 0 saturated heterocycles. The lowest BCUT2D eigenvalue weighted by Gasteiger charge is -2.21. The van der Waals surface area contributed by atoms with Crippen LogP contribution in [0.15, 0.2) is 0 Å². The van der Waals surface area contributed by atoms with Crippen LogP contribution < -0.4 is 0 Å². The minimum atomic E-state index is -4.95. The van der Waals surface area contributed by atoms with Crippen molar-refractivity contribution in [1.29, 1.82) is 0 Å². The van der Waals surface area contributed by atoms with E-state index in [9.17, 15) is 43.2 Å². The highest BCUT2D eigenvalue weighted by atomic mass is 31.2. The number of phosphoric acid groups is 2. The van der Waals surface area contributed by atoms with Crippen molar-refractivity contribution >= 4 is 39.5 Å². The lowest BCUT2D eigenvalue weighted by Crippen LogP contribution is -2.30. The molecule has 0 aromatic heterocycles. The molecule has 87 heavy (non-hydrogen) atoms. The predicted octanol–water partition coefficient (Wildman–Crippen LogP) is 19.4. The molecule has 0 heterocycles. The largest absolute Gasteiger partial charge is 0.472 e. The minimum absolute atomic E-state index is 0.106. The van der Waals surface area contributed by atoms with Gasteiger partial charge in [0.15, 0.2) is 12.2 Å². The van der Waals surface area contributed by atoms with Crippen LogP contribution in [-0.2, 0) is 65.4 Å². The molecule has 0 fully saturated rings. The van der Waals surface area contributed by atoms with Crippen molar-refractivity contribution in [3.8, 4) is 0 Å². The van der Waals surface area contributed by atoms with Crippen molar-refractivity contribution in [3.63, 3.8) is 0 Å². The van der Waals surface area contributed by atoms with Crippen molar-refractivity contribution in [2.45, 2.75) is 368 Å². The van der Waals surface area contributed by atoms with Crippen LogP contribution in [0.3, 0.4) is 0 Å². The first-order chi connectivity index (χ1) is 42.1. The molecule has 0 spiro atoms. The molecule has 0 aliphatic carbocycles. The first-order valence-corrected chi connectivity index (χ1v) is 38.7. The molecule has 19 heteroatoms. The number of rotatable bonds is 68. The van der Waals surface area contributed by atoms with E-state index >= 15 is 0 Å². The normalized spacial score (nSPS) is 14.4. The van der Waals surface area contributed by atoms with E-state index in [0.717, 1.165) is 102 Å². The van der Waals surface area contributed by atoms with Crippen LogP contribution in [0, 0.1) is 5.92 Å². The molecule has 6 atom stereocenters. The Bertz CT molecular complexity index is 1690. The van der Waals surface area contributed by atoms with Gasteiger partial charge in [-0.15, -0.1) is 0 Å². The maximum Gasteiger partial charge on any atom is 0.472 e. The van der Waals surface area contributed by atoms with Gasteiger partial charge in [0, 0.05) is 25.7 Å². The summed E-state index contributed by atoms with van der Waals surface area (Å²) in [7, 11) is -9.89. The van der Waals surface area contributed by atoms with Gasteiger partial charge in [0.1, 0.15) is 19.3 Å². The van der Waals surface area contributed by atoms with Gasteiger partial charge in [-0.05, 0) is 31.6 Å². The summed E-state index contributed by atoms with van der Waals surface area (Å²) in [5.41, 5.74) is 0. The third kappa shape index (κ3) is 61.3. The second-order valence-corrected chi connectivity index (χ2v) is 27.7. The lowest BCUT2D eigenvalue weighted by molar-refractivity contribution is -0.161. The molecular formula is C68H132O17P2. The fourth-order valence-electron chi connectivity index (χ4n) is 10.3. The summed E-state index contributed by atoms with van der Waals surface area (Å²) in [4.78, 5) is 72.3. The summed E-state index contributed by atoms with van der Waals surface area (Å²) in [6.07, 6.45) is 47.2. The quantitative estimate of drug-likeness (QED) is 0.0222. The summed E-state index contributed by atoms with van der Waals surface area (Å²) in [5.74, 6) is -1.40. The van der Waals surface area contributed by atoms with Gasteiger partial charge in [-0.2, -0.15) is 0 Å². The van der Waals surface area contributed by atoms with Crippen molar-refractivity contribution in [2.75, 3.05) is 39.6 Å². The second-order valence-electron chi connectivity index (χ2n) is 24.8. The van der Waals surface area contributed by atoms with Crippen LogP contribution in [0.1, 0.15) is 349 Å². The van der Waals surface area contributed by atoms with Gasteiger partial charge in [-0.25, -0.2) is 9.13 Å². The van der Waals surface area contributed by atoms with E-state index in [1.54, 1.807) is 0 Å². The molecule has 0 bridgehead atoms. The number of unbranched alkanes of at least 4 members (excludes halogenated alkanes) is 39. The highest BCUT2D eigenvalue weighted by molar-refractivity contribution is 7.47. The molecule has 3 unspecified atom stereocenters. The second kappa shape index (κ2) is 61.6. The maximum absolute atomic E-state index is 13.0. The number of esters is 4. The Morgan fingerprint density at radius 1 is 0.322 bits per heavy atom. The molecule has 0 radical (unpaired) electrons. The van der Waals surface area contributed by atoms with E-state index < -0.39 is 97.5 Å². The molecule has 0 aliphatic rings. The molecule has 0 aromatic carbocycles. The average Bonchev–Trinajstić information content (AvgIpc) is 3.69. The van der Waals surface area contributed by atoms with Crippen molar-refractivity contribution in [2.24, 2.45) is 5.92 Å². The number of hydrogen-bond donors (Lipinski definition) is 3. The van der Waals surface area contributed by atoms with Crippen molar-refractivity contribution in [1.82, 2.24) is 0 Å². The van der Waals surface area contributed by atoms with Crippen LogP contribution in [0.4, 0.5) is 0 Å². The first kappa shape index (κ1) is 85.1. The smallest absolute Gasteiger partial charge is 0.462 e. The topological polar surface area (TPSA) is 237 Å². The maximum atomic E-state index is 13.0. The summed E-state index contributed by atoms with van der Waals surface area (Å²) < 4.78 is 68.1. The number of aliphatic hydroxyl groups is 1. The fraction of sp³-hybridized carbons (Fsp3) is 0.941. The molecule has 516 valence electrons. The Hall–Kier alpha value is -1.94. The fourth-order valence-corrected chi connectivity index (χ4v) is 11.8. The van der Waals surface area contributed by atoms with E-state index in [0.29, 0.717) is 25.7 Å². The Labute approximate surface area is 530 Å². The van der Waals surface area contributed by atoms with Gasteiger partial charge >= 0.3 is 39.5 Å². The van der Waals surface area contributed by atoms with Crippen molar-refractivity contribution in [3.05, 3.63) is 0 Å². The summed E-state index contributed by atoms with van der Waals surface area (Å²) in [6, 6.07) is 0. The number of phosphoric ester groups is 2. The van der Waals surface area contributed by atoms with Gasteiger partial charge < -0.3 is 33.8 Å². The monoisotopic (exact) mass is 1280 g/mol. The first-order valence-electron chi connectivity index (χ1n) is 35.7. The van der Waals surface area contributed by atoms with Crippen LogP contribution in [0.2, 0.25) is 0 Å². The minimum Gasteiger partial charge on any atom is -0.462 e. The van der Waals surface area contributed by atoms with Gasteiger partial charge in [0.25, 0.3) is 0 Å². The van der Waals surface area contributed by atoms with Gasteiger partial charge in [0.2, 0.25) is 0 Å². The summed E-state index contributed by atoms with van der Waals surface area (Å²) in [5, 5.41) is 10.6. The highest BCUT2D eigenvalue weighted by Crippen LogP contribution is 2.45. The molecule has 0 aliphatic heterocycles. The molecule has 0 saturated carbocycles. The van der Waals surface area contributed by atoms with E-state index in [1.807, 2.05) is 0 Å². The Balaban J connectivity index is 5.19. The zero-order valence-corrected chi connectivity index (χ0v) is 57.9. The Morgan fingerprint density at radius 2 is 0.552 bits per heavy atom. The standard InChI is InChI=1S/C68H132O17P2/c1-6-10-13-16-19-22-24-25-26-27-28-29-30-31-34-37-44-49-54-68(73)85-64(58-79-66(71)52-47-42-39-38-40-45-50-61(5)9-4)60-83-87(76,77)81-56-62(69)55-80-86(74,75)82-59-63(57-78-65(70)51-46-41-35-32-21-18-15-12-8-3)84-67(72)53-48-43-36-33-23-20-17-14-11-7-2/h61-64,69H,6-60H2,1-5H3,(H,74,75)(H,76,77)/t61?,62-,63+,64+/m0/s1. The van der Waals surface area contributed by atoms with E-state index in [1.165, 1.54) is 167 Å². The molecule has 17 nitrogen and oxygen atoms in total. The number of aliphatic hydroxyl groups excluding tert-OH is 1. The Morgan fingerprint density at radius 3 is 0.816 bits per heavy atom. The summed E-state index contributed by atoms with van der Waals surface area (Å²) in [6.45, 7) is 7.17. The summed E-state index contributed by atoms with van der Waals surface area (Å²) >= 11 is 0. The van der Waals surface area contributed by atoms with Crippen molar-refractivity contribution < 1.29 is 80.2 Å². The van der Waals surface area contributed by atoms with E-state index in [2.05, 4.69) is 34.6 Å².